The standard InChI is InChI=1S/C17H22N2O/c1-4-19(17-8-6-5-7-13(17)2)12-14-9-15(18)11-16(10-14)20-3/h5-11H,4,12,18H2,1-3H3. The SMILES string of the molecule is CCN(Cc1cc(N)cc(OC)c1)c1ccccc1C. The molecule has 20 heavy (non-hydrogen) atoms. The van der Waals surface area contributed by atoms with Gasteiger partial charge in [0, 0.05) is 30.5 Å². The molecule has 2 rings (SSSR count). The minimum atomic E-state index is 0.736. The molecule has 0 unspecified atom stereocenters. The molecule has 0 aliphatic rings. The third kappa shape index (κ3) is 3.23. The summed E-state index contributed by atoms with van der Waals surface area (Å²) in [7, 11) is 1.66. The molecule has 3 nitrogen and oxygen atoms in total. The van der Waals surface area contributed by atoms with E-state index in [-0.39, 0.29) is 0 Å². The number of hydrogen-bond acceptors (Lipinski definition) is 3. The Morgan fingerprint density at radius 1 is 1.15 bits per heavy atom. The van der Waals surface area contributed by atoms with E-state index in [9.17, 15) is 0 Å². The van der Waals surface area contributed by atoms with E-state index in [0.717, 1.165) is 30.1 Å². The van der Waals surface area contributed by atoms with Crippen molar-refractivity contribution in [1.29, 1.82) is 0 Å². The van der Waals surface area contributed by atoms with Crippen molar-refractivity contribution < 1.29 is 4.74 Å². The van der Waals surface area contributed by atoms with Crippen LogP contribution in [0.3, 0.4) is 0 Å². The van der Waals surface area contributed by atoms with E-state index in [1.807, 2.05) is 18.2 Å². The lowest BCUT2D eigenvalue weighted by Gasteiger charge is -2.25. The molecule has 0 fully saturated rings. The molecule has 0 amide bonds. The highest BCUT2D eigenvalue weighted by Crippen LogP contribution is 2.24. The molecule has 0 aromatic heterocycles. The van der Waals surface area contributed by atoms with E-state index in [1.54, 1.807) is 7.11 Å². The van der Waals surface area contributed by atoms with Crippen LogP contribution in [0.4, 0.5) is 11.4 Å². The van der Waals surface area contributed by atoms with Gasteiger partial charge in [0.25, 0.3) is 0 Å². The van der Waals surface area contributed by atoms with Gasteiger partial charge in [-0.05, 0) is 43.2 Å². The number of para-hydroxylation sites is 1. The maximum atomic E-state index is 5.92. The van der Waals surface area contributed by atoms with Gasteiger partial charge in [0.05, 0.1) is 7.11 Å². The van der Waals surface area contributed by atoms with Crippen LogP contribution in [0.5, 0.6) is 5.75 Å². The Balaban J connectivity index is 2.27. The first kappa shape index (κ1) is 14.3. The smallest absolute Gasteiger partial charge is 0.121 e. The summed E-state index contributed by atoms with van der Waals surface area (Å²) in [5, 5.41) is 0. The van der Waals surface area contributed by atoms with E-state index in [2.05, 4.69) is 43.0 Å². The van der Waals surface area contributed by atoms with Gasteiger partial charge in [-0.2, -0.15) is 0 Å². The van der Waals surface area contributed by atoms with Gasteiger partial charge >= 0.3 is 0 Å². The van der Waals surface area contributed by atoms with Crippen LogP contribution in [-0.4, -0.2) is 13.7 Å². The molecule has 2 aromatic carbocycles. The summed E-state index contributed by atoms with van der Waals surface area (Å²) in [4.78, 5) is 2.34. The van der Waals surface area contributed by atoms with Crippen LogP contribution < -0.4 is 15.4 Å². The van der Waals surface area contributed by atoms with Crippen LogP contribution in [0.1, 0.15) is 18.1 Å². The highest BCUT2D eigenvalue weighted by atomic mass is 16.5. The molecule has 0 saturated heterocycles. The molecule has 2 aromatic rings. The average molecular weight is 270 g/mol. The maximum absolute atomic E-state index is 5.92. The van der Waals surface area contributed by atoms with E-state index in [0.29, 0.717) is 0 Å². The van der Waals surface area contributed by atoms with Crippen LogP contribution in [0, 0.1) is 6.92 Å². The van der Waals surface area contributed by atoms with E-state index >= 15 is 0 Å². The van der Waals surface area contributed by atoms with Crippen LogP contribution in [0.25, 0.3) is 0 Å². The van der Waals surface area contributed by atoms with Crippen molar-refractivity contribution in [3.8, 4) is 5.75 Å². The first-order chi connectivity index (χ1) is 9.63. The number of rotatable bonds is 5. The highest BCUT2D eigenvalue weighted by Gasteiger charge is 2.09. The van der Waals surface area contributed by atoms with Crippen molar-refractivity contribution in [1.82, 2.24) is 0 Å². The molecule has 0 heterocycles. The van der Waals surface area contributed by atoms with Gasteiger partial charge in [-0.1, -0.05) is 18.2 Å². The van der Waals surface area contributed by atoms with Gasteiger partial charge in [0.15, 0.2) is 0 Å². The first-order valence-corrected chi connectivity index (χ1v) is 6.88. The summed E-state index contributed by atoms with van der Waals surface area (Å²) in [6, 6.07) is 14.3. The lowest BCUT2D eigenvalue weighted by molar-refractivity contribution is 0.414. The first-order valence-electron chi connectivity index (χ1n) is 6.88. The second-order valence-electron chi connectivity index (χ2n) is 4.92. The molecule has 0 radical (unpaired) electrons. The van der Waals surface area contributed by atoms with Crippen molar-refractivity contribution in [2.45, 2.75) is 20.4 Å². The number of nitrogen functional groups attached to an aromatic ring is 1. The molecule has 3 heteroatoms. The minimum absolute atomic E-state index is 0.736. The number of nitrogens with zero attached hydrogens (tertiary/aromatic N) is 1. The quantitative estimate of drug-likeness (QED) is 0.843. The van der Waals surface area contributed by atoms with E-state index < -0.39 is 0 Å². The van der Waals surface area contributed by atoms with Gasteiger partial charge < -0.3 is 15.4 Å². The second kappa shape index (κ2) is 6.33. The van der Waals surface area contributed by atoms with Crippen molar-refractivity contribution in [2.75, 3.05) is 24.3 Å². The number of hydrogen-bond donors (Lipinski definition) is 1. The van der Waals surface area contributed by atoms with Crippen LogP contribution in [0.2, 0.25) is 0 Å². The minimum Gasteiger partial charge on any atom is -0.497 e. The molecule has 2 N–H and O–H groups in total. The van der Waals surface area contributed by atoms with Gasteiger partial charge in [-0.3, -0.25) is 0 Å². The number of aryl methyl sites for hydroxylation is 1. The summed E-state index contributed by atoms with van der Waals surface area (Å²) in [6.07, 6.45) is 0. The summed E-state index contributed by atoms with van der Waals surface area (Å²) in [5.41, 5.74) is 10.4. The lowest BCUT2D eigenvalue weighted by atomic mass is 10.1. The van der Waals surface area contributed by atoms with E-state index in [1.165, 1.54) is 11.3 Å². The monoisotopic (exact) mass is 270 g/mol. The molecule has 0 saturated carbocycles. The van der Waals surface area contributed by atoms with E-state index in [4.69, 9.17) is 10.5 Å². The van der Waals surface area contributed by atoms with Gasteiger partial charge in [-0.25, -0.2) is 0 Å². The highest BCUT2D eigenvalue weighted by molar-refractivity contribution is 5.54. The van der Waals surface area contributed by atoms with Crippen molar-refractivity contribution >= 4 is 11.4 Å². The third-order valence-corrected chi connectivity index (χ3v) is 3.44. The maximum Gasteiger partial charge on any atom is 0.121 e. The van der Waals surface area contributed by atoms with Crippen molar-refractivity contribution in [2.24, 2.45) is 0 Å². The Kier molecular flexibility index (Phi) is 4.51. The number of nitrogens with two attached hydrogens (primary N) is 1. The Labute approximate surface area is 121 Å². The van der Waals surface area contributed by atoms with Gasteiger partial charge in [-0.15, -0.1) is 0 Å². The Hall–Kier alpha value is -2.16. The zero-order valence-electron chi connectivity index (χ0n) is 12.4. The molecule has 0 aliphatic heterocycles. The fraction of sp³-hybridized carbons (Fsp3) is 0.294. The topological polar surface area (TPSA) is 38.5 Å². The third-order valence-electron chi connectivity index (χ3n) is 3.44. The molecular formula is C17H22N2O. The number of benzene rings is 2. The normalized spacial score (nSPS) is 10.3. The summed E-state index contributed by atoms with van der Waals surface area (Å²) in [5.74, 6) is 0.806. The van der Waals surface area contributed by atoms with Crippen LogP contribution >= 0.6 is 0 Å². The van der Waals surface area contributed by atoms with Gasteiger partial charge in [0.1, 0.15) is 5.75 Å². The Morgan fingerprint density at radius 3 is 2.55 bits per heavy atom. The number of ether oxygens (including phenoxy) is 1. The predicted octanol–water partition coefficient (Wildman–Crippen LogP) is 3.61. The fourth-order valence-corrected chi connectivity index (χ4v) is 2.40. The van der Waals surface area contributed by atoms with Crippen LogP contribution in [0.15, 0.2) is 42.5 Å². The van der Waals surface area contributed by atoms with Crippen molar-refractivity contribution in [3.05, 3.63) is 53.6 Å². The summed E-state index contributed by atoms with van der Waals surface area (Å²) >= 11 is 0. The predicted molar refractivity (Wildman–Crippen MR) is 85.3 cm³/mol. The summed E-state index contributed by atoms with van der Waals surface area (Å²) in [6.45, 7) is 6.07. The Bertz CT molecular complexity index is 581. The second-order valence-corrected chi connectivity index (χ2v) is 4.92. The number of anilines is 2. The van der Waals surface area contributed by atoms with Crippen molar-refractivity contribution in [3.63, 3.8) is 0 Å². The molecule has 106 valence electrons. The largest absolute Gasteiger partial charge is 0.497 e. The zero-order valence-corrected chi connectivity index (χ0v) is 12.4. The summed E-state index contributed by atoms with van der Waals surface area (Å²) < 4.78 is 5.28. The van der Waals surface area contributed by atoms with Crippen LogP contribution in [-0.2, 0) is 6.54 Å². The lowest BCUT2D eigenvalue weighted by Crippen LogP contribution is -2.22. The van der Waals surface area contributed by atoms with Gasteiger partial charge in [0.2, 0.25) is 0 Å². The average Bonchev–Trinajstić information content (AvgIpc) is 2.45. The zero-order chi connectivity index (χ0) is 14.5. The fourth-order valence-electron chi connectivity index (χ4n) is 2.40. The molecule has 0 aliphatic carbocycles. The molecule has 0 atom stereocenters. The number of methoxy groups -OCH3 is 1. The molecule has 0 bridgehead atoms. The molecule has 0 spiro atoms. The molecular weight excluding hydrogens is 248 g/mol. The Morgan fingerprint density at radius 2 is 1.90 bits per heavy atom.